The maximum absolute atomic E-state index is 13.4. The third-order valence-corrected chi connectivity index (χ3v) is 3.69. The van der Waals surface area contributed by atoms with Crippen LogP contribution in [0, 0.1) is 11.6 Å². The topological polar surface area (TPSA) is 90.3 Å². The van der Waals surface area contributed by atoms with Gasteiger partial charge in [-0.3, -0.25) is 14.4 Å². The Morgan fingerprint density at radius 2 is 2.00 bits per heavy atom. The van der Waals surface area contributed by atoms with Gasteiger partial charge >= 0.3 is 5.97 Å². The number of carboxylic acids is 1. The second-order valence-corrected chi connectivity index (χ2v) is 5.58. The highest BCUT2D eigenvalue weighted by molar-refractivity contribution is 6.39. The van der Waals surface area contributed by atoms with Crippen LogP contribution in [0.25, 0.3) is 0 Å². The van der Waals surface area contributed by atoms with E-state index >= 15 is 0 Å². The van der Waals surface area contributed by atoms with Crippen molar-refractivity contribution in [2.24, 2.45) is 5.10 Å². The lowest BCUT2D eigenvalue weighted by molar-refractivity contribution is -0.138. The molecule has 7 nitrogen and oxygen atoms in total. The molecule has 0 fully saturated rings. The van der Waals surface area contributed by atoms with Crippen LogP contribution in [0.5, 0.6) is 0 Å². The summed E-state index contributed by atoms with van der Waals surface area (Å²) in [5.41, 5.74) is 0.438. The molecular formula is C16H17F2N3O4. The fraction of sp³-hybridized carbons (Fsp3) is 0.375. The van der Waals surface area contributed by atoms with Crippen LogP contribution in [-0.4, -0.2) is 52.1 Å². The number of rotatable bonds is 6. The first kappa shape index (κ1) is 18.5. The molecule has 2 amide bonds. The standard InChI is InChI=1S/C16H17F2N3O4/c1-20-14(22)5-4-13(19-20)16(25)21(7-6-15(23)24)9-10-2-3-11(17)12(18)8-10/h2-3,8H,4-7,9H2,1H3,(H,23,24). The van der Waals surface area contributed by atoms with Crippen molar-refractivity contribution in [3.63, 3.8) is 0 Å². The van der Waals surface area contributed by atoms with Crippen LogP contribution in [-0.2, 0) is 20.9 Å². The van der Waals surface area contributed by atoms with E-state index in [9.17, 15) is 23.2 Å². The van der Waals surface area contributed by atoms with Crippen LogP contribution in [0.15, 0.2) is 23.3 Å². The van der Waals surface area contributed by atoms with Gasteiger partial charge in [0.2, 0.25) is 5.91 Å². The Bertz CT molecular complexity index is 736. The van der Waals surface area contributed by atoms with E-state index in [-0.39, 0.29) is 44.0 Å². The van der Waals surface area contributed by atoms with Crippen molar-refractivity contribution in [1.29, 1.82) is 0 Å². The molecule has 1 aliphatic heterocycles. The second-order valence-electron chi connectivity index (χ2n) is 5.58. The fourth-order valence-electron chi connectivity index (χ4n) is 2.35. The molecule has 1 heterocycles. The van der Waals surface area contributed by atoms with Crippen LogP contribution in [0.4, 0.5) is 8.78 Å². The zero-order chi connectivity index (χ0) is 18.6. The summed E-state index contributed by atoms with van der Waals surface area (Å²) in [6.45, 7) is -0.218. The number of nitrogens with zero attached hydrogens (tertiary/aromatic N) is 3. The molecule has 0 radical (unpaired) electrons. The molecule has 0 saturated carbocycles. The summed E-state index contributed by atoms with van der Waals surface area (Å²) in [7, 11) is 1.42. The number of aliphatic carboxylic acids is 1. The van der Waals surface area contributed by atoms with Crippen LogP contribution in [0.3, 0.4) is 0 Å². The van der Waals surface area contributed by atoms with Gasteiger partial charge in [0.05, 0.1) is 6.42 Å². The van der Waals surface area contributed by atoms with Crippen LogP contribution in [0.1, 0.15) is 24.8 Å². The van der Waals surface area contributed by atoms with Gasteiger partial charge in [-0.15, -0.1) is 0 Å². The van der Waals surface area contributed by atoms with Gasteiger partial charge in [-0.25, -0.2) is 13.8 Å². The molecule has 0 aliphatic carbocycles. The Kier molecular flexibility index (Phi) is 5.79. The smallest absolute Gasteiger partial charge is 0.305 e. The second kappa shape index (κ2) is 7.82. The van der Waals surface area contributed by atoms with Crippen molar-refractivity contribution in [1.82, 2.24) is 9.91 Å². The molecule has 134 valence electrons. The van der Waals surface area contributed by atoms with Gasteiger partial charge in [-0.2, -0.15) is 5.10 Å². The Morgan fingerprint density at radius 1 is 1.28 bits per heavy atom. The predicted octanol–water partition coefficient (Wildman–Crippen LogP) is 1.38. The summed E-state index contributed by atoms with van der Waals surface area (Å²) >= 11 is 0. The summed E-state index contributed by atoms with van der Waals surface area (Å²) in [6.07, 6.45) is -0.0418. The number of benzene rings is 1. The summed E-state index contributed by atoms with van der Waals surface area (Å²) < 4.78 is 26.4. The van der Waals surface area contributed by atoms with E-state index < -0.39 is 23.5 Å². The maximum atomic E-state index is 13.4. The van der Waals surface area contributed by atoms with Crippen molar-refractivity contribution in [2.75, 3.05) is 13.6 Å². The Hall–Kier alpha value is -2.84. The Labute approximate surface area is 142 Å². The lowest BCUT2D eigenvalue weighted by Crippen LogP contribution is -2.41. The number of hydrazone groups is 1. The van der Waals surface area contributed by atoms with Gasteiger partial charge in [0.25, 0.3) is 5.91 Å². The first-order valence-electron chi connectivity index (χ1n) is 7.57. The minimum atomic E-state index is -1.10. The number of carbonyl (C=O) groups is 3. The average Bonchev–Trinajstić information content (AvgIpc) is 2.56. The molecule has 0 bridgehead atoms. The van der Waals surface area contributed by atoms with Gasteiger partial charge < -0.3 is 10.0 Å². The zero-order valence-corrected chi connectivity index (χ0v) is 13.5. The molecule has 1 N–H and O–H groups in total. The lowest BCUT2D eigenvalue weighted by atomic mass is 10.1. The summed E-state index contributed by atoms with van der Waals surface area (Å²) in [6, 6.07) is 3.21. The molecule has 0 unspecified atom stereocenters. The van der Waals surface area contributed by atoms with Crippen LogP contribution < -0.4 is 0 Å². The van der Waals surface area contributed by atoms with Gasteiger partial charge in [0, 0.05) is 33.0 Å². The molecule has 1 aromatic carbocycles. The monoisotopic (exact) mass is 353 g/mol. The van der Waals surface area contributed by atoms with Crippen molar-refractivity contribution in [2.45, 2.75) is 25.8 Å². The molecule has 0 spiro atoms. The molecule has 9 heteroatoms. The molecule has 1 aliphatic rings. The molecule has 2 rings (SSSR count). The number of amides is 2. The molecule has 0 saturated heterocycles. The highest BCUT2D eigenvalue weighted by atomic mass is 19.2. The third kappa shape index (κ3) is 4.82. The summed E-state index contributed by atoms with van der Waals surface area (Å²) in [5.74, 6) is -3.92. The van der Waals surface area contributed by atoms with E-state index in [2.05, 4.69) is 5.10 Å². The number of hydrogen-bond acceptors (Lipinski definition) is 4. The normalized spacial score (nSPS) is 14.3. The van der Waals surface area contributed by atoms with Crippen molar-refractivity contribution >= 4 is 23.5 Å². The molecule has 1 aromatic rings. The summed E-state index contributed by atoms with van der Waals surface area (Å²) in [4.78, 5) is 36.1. The van der Waals surface area contributed by atoms with Crippen molar-refractivity contribution < 1.29 is 28.3 Å². The van der Waals surface area contributed by atoms with Crippen LogP contribution in [0.2, 0.25) is 0 Å². The average molecular weight is 353 g/mol. The Balaban J connectivity index is 2.20. The minimum absolute atomic E-state index is 0.0972. The van der Waals surface area contributed by atoms with Crippen molar-refractivity contribution in [3.8, 4) is 0 Å². The highest BCUT2D eigenvalue weighted by Gasteiger charge is 2.26. The SMILES string of the molecule is CN1N=C(C(=O)N(CCC(=O)O)Cc2ccc(F)c(F)c2)CCC1=O. The molecule has 25 heavy (non-hydrogen) atoms. The van der Waals surface area contributed by atoms with E-state index in [1.807, 2.05) is 0 Å². The van der Waals surface area contributed by atoms with E-state index in [1.165, 1.54) is 18.0 Å². The first-order valence-corrected chi connectivity index (χ1v) is 7.57. The fourth-order valence-corrected chi connectivity index (χ4v) is 2.35. The maximum Gasteiger partial charge on any atom is 0.305 e. The van der Waals surface area contributed by atoms with Gasteiger partial charge in [-0.05, 0) is 17.7 Å². The third-order valence-electron chi connectivity index (χ3n) is 3.69. The van der Waals surface area contributed by atoms with Gasteiger partial charge in [-0.1, -0.05) is 6.07 Å². The number of carbonyl (C=O) groups excluding carboxylic acids is 2. The van der Waals surface area contributed by atoms with E-state index in [4.69, 9.17) is 5.11 Å². The number of hydrogen-bond donors (Lipinski definition) is 1. The predicted molar refractivity (Wildman–Crippen MR) is 83.5 cm³/mol. The molecule has 0 atom stereocenters. The van der Waals surface area contributed by atoms with E-state index in [1.54, 1.807) is 0 Å². The van der Waals surface area contributed by atoms with Crippen molar-refractivity contribution in [3.05, 3.63) is 35.4 Å². The van der Waals surface area contributed by atoms with Gasteiger partial charge in [0.1, 0.15) is 5.71 Å². The zero-order valence-electron chi connectivity index (χ0n) is 13.5. The highest BCUT2D eigenvalue weighted by Crippen LogP contribution is 2.14. The first-order chi connectivity index (χ1) is 11.8. The Morgan fingerprint density at radius 3 is 2.60 bits per heavy atom. The number of halogens is 2. The van der Waals surface area contributed by atoms with E-state index in [0.29, 0.717) is 5.56 Å². The largest absolute Gasteiger partial charge is 0.481 e. The molecule has 0 aromatic heterocycles. The lowest BCUT2D eigenvalue weighted by Gasteiger charge is -2.26. The van der Waals surface area contributed by atoms with Crippen LogP contribution >= 0.6 is 0 Å². The number of carboxylic acid groups (broad SMARTS) is 1. The van der Waals surface area contributed by atoms with E-state index in [0.717, 1.165) is 17.1 Å². The quantitative estimate of drug-likeness (QED) is 0.836. The van der Waals surface area contributed by atoms with Gasteiger partial charge in [0.15, 0.2) is 11.6 Å². The molecular weight excluding hydrogens is 336 g/mol. The minimum Gasteiger partial charge on any atom is -0.481 e. The summed E-state index contributed by atoms with van der Waals surface area (Å²) in [5, 5.41) is 13.8.